The van der Waals surface area contributed by atoms with Crippen LogP contribution in [-0.2, 0) is 26.8 Å². The number of imidazole rings is 1. The third-order valence-electron chi connectivity index (χ3n) is 20.7. The first kappa shape index (κ1) is 95.0. The molecular weight excluding hydrogens is 1630 g/mol. The molecule has 2 aromatic carbocycles. The number of nitrogens with zero attached hydrogens (tertiary/aromatic N) is 18. The van der Waals surface area contributed by atoms with Gasteiger partial charge in [0, 0.05) is 115 Å². The Kier molecular flexibility index (Phi) is 34.1. The number of hydroxylamine groups is 3. The molecule has 3 fully saturated rings. The number of morpholine rings is 3. The summed E-state index contributed by atoms with van der Waals surface area (Å²) in [5.74, 6) is 2.92. The summed E-state index contributed by atoms with van der Waals surface area (Å²) in [5, 5.41) is 42.4. The van der Waals surface area contributed by atoms with Crippen molar-refractivity contribution in [2.24, 2.45) is 47.7 Å². The number of nitrogens with one attached hydrogen (secondary N) is 3. The number of anilines is 3. The number of carbonyl (C=O) groups excluding carboxylic acids is 2. The predicted molar refractivity (Wildman–Crippen MR) is 488 cm³/mol. The molecule has 12 N–H and O–H groups in total. The van der Waals surface area contributed by atoms with Gasteiger partial charge >= 0.3 is 0 Å². The van der Waals surface area contributed by atoms with E-state index in [1.54, 1.807) is 67.8 Å². The minimum Gasteiger partial charge on any atom is -0.493 e. The molecule has 3 aliphatic heterocycles. The Bertz CT molecular complexity index is 5770. The van der Waals surface area contributed by atoms with E-state index in [1.807, 2.05) is 135 Å². The van der Waals surface area contributed by atoms with E-state index >= 15 is 0 Å². The van der Waals surface area contributed by atoms with Crippen LogP contribution in [0.3, 0.4) is 0 Å². The first-order valence-corrected chi connectivity index (χ1v) is 41.9. The number of aryl methyl sites for hydroxylation is 2. The van der Waals surface area contributed by atoms with E-state index in [0.29, 0.717) is 119 Å². The molecule has 35 heteroatoms. The smallest absolute Gasteiger partial charge is 0.252 e. The number of ether oxygens (including phenoxy) is 5. The van der Waals surface area contributed by atoms with Gasteiger partial charge in [-0.2, -0.15) is 30.1 Å². The van der Waals surface area contributed by atoms with Crippen molar-refractivity contribution in [3.05, 3.63) is 255 Å². The van der Waals surface area contributed by atoms with Crippen LogP contribution in [-0.4, -0.2) is 220 Å². The predicted octanol–water partition coefficient (Wildman–Crippen LogP) is 13.7. The molecule has 0 radical (unpaired) electrons. The van der Waals surface area contributed by atoms with Crippen LogP contribution in [0.4, 0.5) is 34.1 Å². The van der Waals surface area contributed by atoms with E-state index in [2.05, 4.69) is 131 Å². The van der Waals surface area contributed by atoms with E-state index in [9.17, 15) is 14.8 Å². The molecule has 0 bridgehead atoms. The fraction of sp³-hybridized carbons (Fsp3) is 0.389. The van der Waals surface area contributed by atoms with Crippen LogP contribution in [0.1, 0.15) is 105 Å². The standard InChI is InChI=1S/C19H22N4O3.C17H25N5O3.C17H23N5O.C12H15N3.C9H20N2O.2C8H4ClN3/c1-19(2,12-7-8-15(25-3)16(10-12)26-4)22-17-13(18(20)24)11-21-23-9-5-6-14(17)23;1-12(2)10-22(24)6-7-25-13(11-22)8-19-16-14(17(18)23)9-20-21-5-3-4-15(16)21;1-13(2)11-21-7-8-23-14(12-21)9-19-17-15(18-3)10-20-22-6-4-5-16(17)22;1-9-4-3-5-10(8-9)11(13)12-14-6-7-15(12)2;1-8(2)6-11-3-4-12-9(5-10)7-11;2*1-10-6-5-11-12-4-2-3-7(12)8(6)9/h5-11,22H,1-4H3,(H2,20,24);3-5,9,12-13,24H,6-8,10-11H2,1-2H3,(H2-,18,19,20,23);4-6,10,13-14,19H,7-9,11-12H2,1-2H3;3-8,11H,13H2,1-2H3;8-9H,3-7,10H2,1-2H3;2*2-5H/p+1. The number of halogens is 2. The molecule has 0 saturated carbocycles. The van der Waals surface area contributed by atoms with E-state index < -0.39 is 17.4 Å². The van der Waals surface area contributed by atoms with Gasteiger partial charge in [0.15, 0.2) is 11.5 Å². The van der Waals surface area contributed by atoms with Gasteiger partial charge in [0.05, 0.1) is 174 Å². The zero-order valence-electron chi connectivity index (χ0n) is 72.8. The second-order valence-corrected chi connectivity index (χ2v) is 32.9. The van der Waals surface area contributed by atoms with Crippen molar-refractivity contribution in [2.75, 3.05) is 129 Å². The molecule has 13 aromatic rings. The number of hydrogen-bond acceptors (Lipinski definition) is 21. The van der Waals surface area contributed by atoms with Crippen LogP contribution < -0.4 is 48.4 Å². The summed E-state index contributed by atoms with van der Waals surface area (Å²) < 4.78 is 38.2. The number of nitrogens with two attached hydrogens (primary N) is 4. The monoisotopic (exact) mass is 1740 g/mol. The third kappa shape index (κ3) is 25.5. The highest BCUT2D eigenvalue weighted by atomic mass is 35.5. The van der Waals surface area contributed by atoms with Crippen molar-refractivity contribution in [3.63, 3.8) is 0 Å². The molecule has 16 rings (SSSR count). The summed E-state index contributed by atoms with van der Waals surface area (Å²) in [5.41, 5.74) is 33.6. The van der Waals surface area contributed by atoms with Crippen molar-refractivity contribution in [2.45, 2.75) is 92.2 Å². The Morgan fingerprint density at radius 3 is 1.54 bits per heavy atom. The lowest BCUT2D eigenvalue weighted by Crippen LogP contribution is -2.58. The molecule has 125 heavy (non-hydrogen) atoms. The zero-order valence-corrected chi connectivity index (χ0v) is 74.3. The lowest BCUT2D eigenvalue weighted by molar-refractivity contribution is -1.11. The lowest BCUT2D eigenvalue weighted by atomic mass is 9.93. The topological polar surface area (TPSA) is 365 Å². The molecule has 660 valence electrons. The van der Waals surface area contributed by atoms with E-state index in [1.165, 1.54) is 36.9 Å². The molecule has 5 atom stereocenters. The Morgan fingerprint density at radius 1 is 0.592 bits per heavy atom. The fourth-order valence-electron chi connectivity index (χ4n) is 14.8. The molecule has 3 saturated heterocycles. The van der Waals surface area contributed by atoms with Gasteiger partial charge in [-0.05, 0) is 117 Å². The number of rotatable bonds is 22. The van der Waals surface area contributed by atoms with Crippen LogP contribution in [0.2, 0.25) is 10.0 Å². The van der Waals surface area contributed by atoms with Crippen molar-refractivity contribution in [1.29, 1.82) is 0 Å². The summed E-state index contributed by atoms with van der Waals surface area (Å²) in [6.07, 6.45) is 20.5. The number of aromatic nitrogens is 12. The number of amides is 2. The average molecular weight is 1740 g/mol. The van der Waals surface area contributed by atoms with Gasteiger partial charge < -0.3 is 67.1 Å². The second kappa shape index (κ2) is 44.9. The minimum atomic E-state index is -0.535. The number of methoxy groups -OCH3 is 2. The van der Waals surface area contributed by atoms with Gasteiger partial charge in [-0.3, -0.25) is 19.4 Å². The van der Waals surface area contributed by atoms with Gasteiger partial charge in [-0.25, -0.2) is 47.3 Å². The van der Waals surface area contributed by atoms with E-state index in [-0.39, 0.29) is 29.0 Å². The molecule has 0 aliphatic carbocycles. The first-order valence-electron chi connectivity index (χ1n) is 41.2. The Morgan fingerprint density at radius 2 is 1.06 bits per heavy atom. The molecule has 3 aliphatic rings. The van der Waals surface area contributed by atoms with Crippen LogP contribution in [0.15, 0.2) is 177 Å². The molecule has 0 spiro atoms. The van der Waals surface area contributed by atoms with Crippen LogP contribution >= 0.6 is 23.2 Å². The molecular formula is C90H114Cl2N25O8+. The first-order chi connectivity index (χ1) is 60.0. The van der Waals surface area contributed by atoms with Gasteiger partial charge in [0.25, 0.3) is 11.8 Å². The second-order valence-electron chi connectivity index (χ2n) is 32.2. The molecule has 5 unspecified atom stereocenters. The maximum Gasteiger partial charge on any atom is 0.252 e. The number of quaternary nitrogens is 1. The number of carbonyl (C=O) groups is 2. The molecule has 11 aromatic heterocycles. The molecule has 14 heterocycles. The van der Waals surface area contributed by atoms with Crippen LogP contribution in [0.5, 0.6) is 11.5 Å². The SMILES string of the molecule is CC(C)CN1CCOC(CN)C1.CC(C)C[N+]1(O)CCOC(CNc2c(C(N)=O)cnn3cccc23)C1.COc1ccc(C(C)(C)Nc2c(C(N)=O)cnn3cccc23)cc1OC.Cc1cccc(C(N)c2nccn2C)c1.[C-]#[N+]c1cnn2cccc2c1Cl.[C-]#[N+]c1cnn2cccc2c1Cl.[C-]#[N+]c1cnn2cccc2c1NCC1CN(CC(C)C)CCO1. The van der Waals surface area contributed by atoms with Crippen LogP contribution in [0, 0.1) is 44.4 Å². The summed E-state index contributed by atoms with van der Waals surface area (Å²) in [6.45, 7) is 52.2. The minimum absolute atomic E-state index is 0.0174. The maximum absolute atomic E-state index is 11.9. The summed E-state index contributed by atoms with van der Waals surface area (Å²) in [6, 6.07) is 32.5. The molecule has 33 nitrogen and oxygen atoms in total. The van der Waals surface area contributed by atoms with Crippen molar-refractivity contribution in [3.8, 4) is 11.5 Å². The Labute approximate surface area is 738 Å². The van der Waals surface area contributed by atoms with E-state index in [4.69, 9.17) is 89.5 Å². The van der Waals surface area contributed by atoms with Crippen molar-refractivity contribution >= 4 is 96.7 Å². The quantitative estimate of drug-likeness (QED) is 0.0231. The zero-order chi connectivity index (χ0) is 90.1. The van der Waals surface area contributed by atoms with Gasteiger partial charge in [-0.15, -0.1) is 0 Å². The fourth-order valence-corrected chi connectivity index (χ4v) is 15.3. The third-order valence-corrected chi connectivity index (χ3v) is 21.5. The highest BCUT2D eigenvalue weighted by Gasteiger charge is 2.36. The number of hydrogen-bond donors (Lipinski definition) is 8. The average Bonchev–Trinajstić information content (AvgIpc) is 1.75. The van der Waals surface area contributed by atoms with Gasteiger partial charge in [0.2, 0.25) is 17.1 Å². The van der Waals surface area contributed by atoms with E-state index in [0.717, 1.165) is 102 Å². The Hall–Kier alpha value is -12.3. The maximum atomic E-state index is 11.9. The van der Waals surface area contributed by atoms with Gasteiger partial charge in [-0.1, -0.05) is 101 Å². The summed E-state index contributed by atoms with van der Waals surface area (Å²) in [4.78, 5) is 42.8. The van der Waals surface area contributed by atoms with Crippen LogP contribution in [0.25, 0.3) is 42.1 Å². The van der Waals surface area contributed by atoms with Crippen molar-refractivity contribution < 1.29 is 43.1 Å². The highest BCUT2D eigenvalue weighted by Crippen LogP contribution is 2.37. The summed E-state index contributed by atoms with van der Waals surface area (Å²) in [7, 11) is 5.15. The number of benzene rings is 2. The highest BCUT2D eigenvalue weighted by molar-refractivity contribution is 6.37. The normalized spacial score (nSPS) is 16.7. The lowest BCUT2D eigenvalue weighted by Gasteiger charge is -2.38. The Balaban J connectivity index is 0.000000156. The number of fused-ring (bicyclic) bond motifs is 5. The molecule has 2 amide bonds. The van der Waals surface area contributed by atoms with Crippen molar-refractivity contribution in [1.82, 2.24) is 67.4 Å². The number of primary amides is 2. The largest absolute Gasteiger partial charge is 0.493 e. The summed E-state index contributed by atoms with van der Waals surface area (Å²) >= 11 is 11.8. The van der Waals surface area contributed by atoms with Gasteiger partial charge in [0.1, 0.15) is 31.6 Å².